The molecule has 8 rings (SSSR count). The predicted molar refractivity (Wildman–Crippen MR) is 243 cm³/mol. The number of fused-ring (bicyclic) bond motifs is 2. The van der Waals surface area contributed by atoms with Gasteiger partial charge in [-0.05, 0) is 54.7 Å². The molecular formula is C46H49N7O9S2. The third kappa shape index (κ3) is 10.2. The van der Waals surface area contributed by atoms with Gasteiger partial charge in [-0.1, -0.05) is 48.6 Å². The Labute approximate surface area is 379 Å². The van der Waals surface area contributed by atoms with Crippen molar-refractivity contribution >= 4 is 74.1 Å². The van der Waals surface area contributed by atoms with Crippen molar-refractivity contribution in [2.45, 2.75) is 50.7 Å². The van der Waals surface area contributed by atoms with Crippen molar-refractivity contribution in [1.29, 1.82) is 0 Å². The number of thiazole rings is 1. The predicted octanol–water partition coefficient (Wildman–Crippen LogP) is 4.78. The maximum absolute atomic E-state index is 13.2. The fourth-order valence-corrected chi connectivity index (χ4v) is 9.12. The summed E-state index contributed by atoms with van der Waals surface area (Å²) in [5.74, 6) is -2.24. The smallest absolute Gasteiger partial charge is 0.266 e. The second-order valence-corrected chi connectivity index (χ2v) is 16.9. The molecular weight excluding hydrogens is 859 g/mol. The molecule has 0 aliphatic carbocycles. The highest BCUT2D eigenvalue weighted by atomic mass is 32.1. The normalized spacial score (nSPS) is 16.7. The Morgan fingerprint density at radius 3 is 2.36 bits per heavy atom. The SMILES string of the molecule is NC(=S)c1cccc(-c2cn(C3CCN(c4nccs4)CC3)c3cc(CNC(=O)CCOCCOCCOCCOc4cccc5c4C(=O)N(C4CCC(=O)NC4=O)C5=O)ccc23)c1. The fraction of sp³-hybridized carbons (Fsp3) is 0.370. The third-order valence-corrected chi connectivity index (χ3v) is 12.6. The van der Waals surface area contributed by atoms with Crippen molar-refractivity contribution in [2.75, 3.05) is 64.2 Å². The molecule has 0 bridgehead atoms. The summed E-state index contributed by atoms with van der Waals surface area (Å²) >= 11 is 6.95. The van der Waals surface area contributed by atoms with Gasteiger partial charge in [0.2, 0.25) is 17.7 Å². The number of nitrogens with two attached hydrogens (primary N) is 1. The first kappa shape index (κ1) is 44.6. The second-order valence-electron chi connectivity index (χ2n) is 15.6. The monoisotopic (exact) mass is 907 g/mol. The lowest BCUT2D eigenvalue weighted by Gasteiger charge is -2.33. The number of anilines is 1. The minimum atomic E-state index is -1.05. The number of nitrogens with one attached hydrogen (secondary N) is 2. The zero-order valence-electron chi connectivity index (χ0n) is 35.1. The molecule has 3 aliphatic heterocycles. The zero-order chi connectivity index (χ0) is 44.6. The summed E-state index contributed by atoms with van der Waals surface area (Å²) in [6.07, 6.45) is 6.38. The van der Waals surface area contributed by atoms with Crippen molar-refractivity contribution in [3.05, 3.63) is 101 Å². The summed E-state index contributed by atoms with van der Waals surface area (Å²) in [7, 11) is 0. The molecule has 2 aromatic heterocycles. The van der Waals surface area contributed by atoms with Crippen LogP contribution in [0.1, 0.15) is 70.0 Å². The molecule has 5 amide bonds. The standard InChI is InChI=1S/C46H49N7O9S2/c47-42(63)31-4-1-3-30(26-31)35-28-52(32-11-15-51(16-12-32)46-48-14-24-64-46)37-25-29(7-8-33(35)37)27-49-39(54)13-17-59-18-19-60-20-21-61-22-23-62-38-6-2-5-34-41(38)45(58)53(44(34)57)36-9-10-40(55)50-43(36)56/h1-8,14,24-26,28,32,36H,9-13,15-23,27H2,(H2,47,63)(H,49,54)(H,50,55,56). The first-order chi connectivity index (χ1) is 31.2. The van der Waals surface area contributed by atoms with Crippen LogP contribution in [0, 0.1) is 0 Å². The molecule has 64 heavy (non-hydrogen) atoms. The molecule has 2 saturated heterocycles. The lowest BCUT2D eigenvalue weighted by molar-refractivity contribution is -0.136. The first-order valence-corrected chi connectivity index (χ1v) is 22.6. The molecule has 3 aliphatic rings. The number of piperidine rings is 2. The van der Waals surface area contributed by atoms with Crippen LogP contribution in [0.4, 0.5) is 5.13 Å². The number of benzene rings is 3. The van der Waals surface area contributed by atoms with Gasteiger partial charge in [-0.2, -0.15) is 0 Å². The number of ether oxygens (including phenoxy) is 4. The van der Waals surface area contributed by atoms with Crippen LogP contribution < -0.4 is 26.0 Å². The van der Waals surface area contributed by atoms with Crippen LogP contribution >= 0.6 is 23.6 Å². The third-order valence-electron chi connectivity index (χ3n) is 11.5. The van der Waals surface area contributed by atoms with Gasteiger partial charge >= 0.3 is 0 Å². The van der Waals surface area contributed by atoms with E-state index in [1.54, 1.807) is 23.5 Å². The average molecular weight is 908 g/mol. The van der Waals surface area contributed by atoms with Crippen molar-refractivity contribution in [3.63, 3.8) is 0 Å². The minimum absolute atomic E-state index is 0.0399. The van der Waals surface area contributed by atoms with Gasteiger partial charge in [-0.3, -0.25) is 34.2 Å². The molecule has 18 heteroatoms. The quantitative estimate of drug-likeness (QED) is 0.0549. The number of carbonyl (C=O) groups is 5. The summed E-state index contributed by atoms with van der Waals surface area (Å²) in [5.41, 5.74) is 11.3. The summed E-state index contributed by atoms with van der Waals surface area (Å²) in [5, 5.41) is 9.43. The molecule has 1 atom stereocenters. The van der Waals surface area contributed by atoms with E-state index in [2.05, 4.69) is 55.5 Å². The molecule has 4 N–H and O–H groups in total. The molecule has 0 saturated carbocycles. The van der Waals surface area contributed by atoms with Crippen LogP contribution in [0.5, 0.6) is 5.75 Å². The van der Waals surface area contributed by atoms with Crippen molar-refractivity contribution < 1.29 is 42.9 Å². The molecule has 0 spiro atoms. The summed E-state index contributed by atoms with van der Waals surface area (Å²) in [6.45, 7) is 4.04. The van der Waals surface area contributed by atoms with Crippen LogP contribution in [0.2, 0.25) is 0 Å². The van der Waals surface area contributed by atoms with E-state index in [-0.39, 0.29) is 61.9 Å². The Bertz CT molecular complexity index is 2540. The Hall–Kier alpha value is -6.05. The number of carbonyl (C=O) groups excluding carboxylic acids is 5. The summed E-state index contributed by atoms with van der Waals surface area (Å²) < 4.78 is 25.0. The Balaban J connectivity index is 0.736. The van der Waals surface area contributed by atoms with E-state index in [4.69, 9.17) is 36.9 Å². The number of hydrogen-bond donors (Lipinski definition) is 3. The van der Waals surface area contributed by atoms with Crippen molar-refractivity contribution in [3.8, 4) is 16.9 Å². The van der Waals surface area contributed by atoms with Gasteiger partial charge in [0.05, 0.1) is 50.8 Å². The number of amides is 5. The van der Waals surface area contributed by atoms with Gasteiger partial charge in [-0.15, -0.1) is 11.3 Å². The molecule has 334 valence electrons. The van der Waals surface area contributed by atoms with E-state index < -0.39 is 29.7 Å². The molecule has 5 heterocycles. The van der Waals surface area contributed by atoms with Gasteiger partial charge in [0.1, 0.15) is 23.4 Å². The molecule has 16 nitrogen and oxygen atoms in total. The molecule has 2 fully saturated rings. The maximum Gasteiger partial charge on any atom is 0.266 e. The maximum atomic E-state index is 13.2. The number of aromatic nitrogens is 2. The largest absolute Gasteiger partial charge is 0.490 e. The van der Waals surface area contributed by atoms with Crippen LogP contribution in [0.25, 0.3) is 22.0 Å². The van der Waals surface area contributed by atoms with Gasteiger partial charge in [-0.25, -0.2) is 4.98 Å². The van der Waals surface area contributed by atoms with Crippen LogP contribution in [0.15, 0.2) is 78.4 Å². The lowest BCUT2D eigenvalue weighted by Crippen LogP contribution is -2.54. The van der Waals surface area contributed by atoms with Crippen LogP contribution in [-0.4, -0.2) is 114 Å². The number of imide groups is 2. The Morgan fingerprint density at radius 1 is 0.875 bits per heavy atom. The lowest BCUT2D eigenvalue weighted by atomic mass is 10.0. The topological polar surface area (TPSA) is 197 Å². The number of nitrogens with zero attached hydrogens (tertiary/aromatic N) is 4. The highest BCUT2D eigenvalue weighted by Gasteiger charge is 2.46. The number of rotatable bonds is 20. The molecule has 3 aromatic carbocycles. The first-order valence-electron chi connectivity index (χ1n) is 21.3. The van der Waals surface area contributed by atoms with E-state index in [1.807, 2.05) is 29.8 Å². The average Bonchev–Trinajstić information content (AvgIpc) is 4.04. The minimum Gasteiger partial charge on any atom is -0.490 e. The number of thiocarbonyl (C=S) groups is 1. The van der Waals surface area contributed by atoms with E-state index in [9.17, 15) is 24.0 Å². The van der Waals surface area contributed by atoms with E-state index >= 15 is 0 Å². The van der Waals surface area contributed by atoms with Crippen LogP contribution in [-0.2, 0) is 35.1 Å². The van der Waals surface area contributed by atoms with E-state index in [0.717, 1.165) is 69.1 Å². The molecule has 1 unspecified atom stereocenters. The van der Waals surface area contributed by atoms with E-state index in [1.165, 1.54) is 6.07 Å². The van der Waals surface area contributed by atoms with Gasteiger partial charge in [0.15, 0.2) is 5.13 Å². The van der Waals surface area contributed by atoms with Crippen LogP contribution in [0.3, 0.4) is 0 Å². The summed E-state index contributed by atoms with van der Waals surface area (Å²) in [4.78, 5) is 71.1. The summed E-state index contributed by atoms with van der Waals surface area (Å²) in [6, 6.07) is 18.3. The highest BCUT2D eigenvalue weighted by Crippen LogP contribution is 2.38. The van der Waals surface area contributed by atoms with E-state index in [0.29, 0.717) is 44.0 Å². The van der Waals surface area contributed by atoms with Gasteiger partial charge < -0.3 is 39.5 Å². The Morgan fingerprint density at radius 2 is 1.62 bits per heavy atom. The van der Waals surface area contributed by atoms with Gasteiger partial charge in [0, 0.05) is 78.3 Å². The zero-order valence-corrected chi connectivity index (χ0v) is 36.8. The molecule has 5 aromatic rings. The highest BCUT2D eigenvalue weighted by molar-refractivity contribution is 7.80. The van der Waals surface area contributed by atoms with Crippen molar-refractivity contribution in [1.82, 2.24) is 25.1 Å². The van der Waals surface area contributed by atoms with Crippen molar-refractivity contribution in [2.24, 2.45) is 5.73 Å². The Kier molecular flexibility index (Phi) is 14.4. The molecule has 0 radical (unpaired) electrons. The van der Waals surface area contributed by atoms with Gasteiger partial charge in [0.25, 0.3) is 11.8 Å². The fourth-order valence-electron chi connectivity index (χ4n) is 8.30. The second kappa shape index (κ2) is 20.6. The number of hydrogen-bond acceptors (Lipinski definition) is 13.